The van der Waals surface area contributed by atoms with Crippen LogP contribution in [0.5, 0.6) is 0 Å². The van der Waals surface area contributed by atoms with Crippen LogP contribution in [0.2, 0.25) is 0 Å². The molecule has 2 heterocycles. The van der Waals surface area contributed by atoms with Gasteiger partial charge in [-0.15, -0.1) is 0 Å². The predicted molar refractivity (Wildman–Crippen MR) is 97.8 cm³/mol. The van der Waals surface area contributed by atoms with Crippen molar-refractivity contribution in [1.29, 1.82) is 0 Å². The molecule has 1 N–H and O–H groups in total. The highest BCUT2D eigenvalue weighted by Gasteiger charge is 2.46. The Labute approximate surface area is 150 Å². The number of hydrogen-bond acceptors (Lipinski definition) is 4. The standard InChI is InChI=1S/C19H28N2O3S/c1-15-2-4-16(5-3-15)11-21-13-19(14-21)9-8-17(12-24-19)10-20-25(22,23)18-6-7-18/h2-5,17-18,20H,6-14H2,1H3/t17-/m0/s1. The zero-order valence-electron chi connectivity index (χ0n) is 14.9. The Morgan fingerprint density at radius 2 is 1.92 bits per heavy atom. The summed E-state index contributed by atoms with van der Waals surface area (Å²) in [4.78, 5) is 2.43. The number of benzene rings is 1. The number of nitrogens with zero attached hydrogens (tertiary/aromatic N) is 1. The summed E-state index contributed by atoms with van der Waals surface area (Å²) in [5.41, 5.74) is 2.66. The van der Waals surface area contributed by atoms with Gasteiger partial charge in [0, 0.05) is 26.2 Å². The van der Waals surface area contributed by atoms with Crippen molar-refractivity contribution in [2.75, 3.05) is 26.2 Å². The van der Waals surface area contributed by atoms with Crippen molar-refractivity contribution in [2.24, 2.45) is 5.92 Å². The highest BCUT2D eigenvalue weighted by Crippen LogP contribution is 2.36. The lowest BCUT2D eigenvalue weighted by Crippen LogP contribution is -2.64. The maximum atomic E-state index is 11.9. The summed E-state index contributed by atoms with van der Waals surface area (Å²) < 4.78 is 32.8. The van der Waals surface area contributed by atoms with Gasteiger partial charge in [-0.25, -0.2) is 13.1 Å². The van der Waals surface area contributed by atoms with Crippen LogP contribution in [0, 0.1) is 12.8 Å². The van der Waals surface area contributed by atoms with Crippen molar-refractivity contribution in [1.82, 2.24) is 9.62 Å². The van der Waals surface area contributed by atoms with Crippen molar-refractivity contribution in [3.63, 3.8) is 0 Å². The molecule has 6 heteroatoms. The Kier molecular flexibility index (Phi) is 4.65. The summed E-state index contributed by atoms with van der Waals surface area (Å²) in [5.74, 6) is 0.310. The third kappa shape index (κ3) is 4.08. The molecule has 1 aromatic carbocycles. The molecule has 0 radical (unpaired) electrons. The molecule has 3 aliphatic rings. The second-order valence-corrected chi connectivity index (χ2v) is 10.2. The van der Waals surface area contributed by atoms with Crippen molar-refractivity contribution in [3.8, 4) is 0 Å². The van der Waals surface area contributed by atoms with Gasteiger partial charge >= 0.3 is 0 Å². The van der Waals surface area contributed by atoms with Crippen molar-refractivity contribution < 1.29 is 13.2 Å². The van der Waals surface area contributed by atoms with Crippen LogP contribution in [0.25, 0.3) is 0 Å². The quantitative estimate of drug-likeness (QED) is 0.839. The average molecular weight is 365 g/mol. The van der Waals surface area contributed by atoms with Crippen LogP contribution in [0.4, 0.5) is 0 Å². The number of rotatable bonds is 6. The van der Waals surface area contributed by atoms with E-state index in [1.807, 2.05) is 0 Å². The van der Waals surface area contributed by atoms with Gasteiger partial charge in [0.15, 0.2) is 0 Å². The molecule has 1 aromatic rings. The summed E-state index contributed by atoms with van der Waals surface area (Å²) >= 11 is 0. The van der Waals surface area contributed by atoms with E-state index in [0.29, 0.717) is 19.1 Å². The summed E-state index contributed by atoms with van der Waals surface area (Å²) in [6, 6.07) is 8.72. The Morgan fingerprint density at radius 3 is 2.52 bits per heavy atom. The minimum absolute atomic E-state index is 0.0105. The number of ether oxygens (including phenoxy) is 1. The van der Waals surface area contributed by atoms with E-state index in [9.17, 15) is 8.42 Å². The molecule has 0 amide bonds. The molecule has 2 saturated heterocycles. The Morgan fingerprint density at radius 1 is 1.20 bits per heavy atom. The normalized spacial score (nSPS) is 26.5. The van der Waals surface area contributed by atoms with Gasteiger partial charge in [0.05, 0.1) is 17.5 Å². The molecule has 1 spiro atoms. The summed E-state index contributed by atoms with van der Waals surface area (Å²) in [7, 11) is -3.07. The number of aryl methyl sites for hydroxylation is 1. The van der Waals surface area contributed by atoms with E-state index >= 15 is 0 Å². The molecule has 138 valence electrons. The first-order chi connectivity index (χ1) is 11.9. The molecule has 3 fully saturated rings. The highest BCUT2D eigenvalue weighted by atomic mass is 32.2. The fourth-order valence-electron chi connectivity index (χ4n) is 3.89. The van der Waals surface area contributed by atoms with Crippen molar-refractivity contribution in [2.45, 2.75) is 50.0 Å². The number of likely N-dealkylation sites (tertiary alicyclic amines) is 1. The summed E-state index contributed by atoms with van der Waals surface area (Å²) in [5, 5.41) is -0.134. The van der Waals surface area contributed by atoms with Gasteiger partial charge in [-0.3, -0.25) is 4.90 Å². The van der Waals surface area contributed by atoms with E-state index in [0.717, 1.165) is 45.3 Å². The lowest BCUT2D eigenvalue weighted by molar-refractivity contribution is -0.181. The van der Waals surface area contributed by atoms with Crippen LogP contribution >= 0.6 is 0 Å². The van der Waals surface area contributed by atoms with Gasteiger partial charge in [-0.05, 0) is 44.1 Å². The molecule has 25 heavy (non-hydrogen) atoms. The first-order valence-electron chi connectivity index (χ1n) is 9.35. The van der Waals surface area contributed by atoms with Crippen LogP contribution in [0.3, 0.4) is 0 Å². The zero-order chi connectivity index (χ0) is 17.5. The minimum atomic E-state index is -3.07. The van der Waals surface area contributed by atoms with Crippen molar-refractivity contribution >= 4 is 10.0 Å². The Hall–Kier alpha value is -0.950. The third-order valence-electron chi connectivity index (χ3n) is 5.72. The van der Waals surface area contributed by atoms with Crippen molar-refractivity contribution in [3.05, 3.63) is 35.4 Å². The fourth-order valence-corrected chi connectivity index (χ4v) is 5.35. The molecule has 0 bridgehead atoms. The van der Waals surface area contributed by atoms with Gasteiger partial charge in [-0.2, -0.15) is 0 Å². The first kappa shape index (κ1) is 17.5. The maximum Gasteiger partial charge on any atom is 0.214 e. The van der Waals surface area contributed by atoms with E-state index in [2.05, 4.69) is 40.8 Å². The summed E-state index contributed by atoms with van der Waals surface area (Å²) in [6.45, 7) is 6.27. The SMILES string of the molecule is Cc1ccc(CN2CC3(CC[C@@H](CNS(=O)(=O)C4CC4)CO3)C2)cc1. The van der Waals surface area contributed by atoms with Gasteiger partial charge < -0.3 is 4.74 Å². The van der Waals surface area contributed by atoms with Crippen LogP contribution in [0.15, 0.2) is 24.3 Å². The first-order valence-corrected chi connectivity index (χ1v) is 10.9. The molecular formula is C19H28N2O3S. The number of sulfonamides is 1. The molecular weight excluding hydrogens is 336 g/mol. The van der Waals surface area contributed by atoms with Crippen LogP contribution < -0.4 is 4.72 Å². The topological polar surface area (TPSA) is 58.6 Å². The zero-order valence-corrected chi connectivity index (χ0v) is 15.7. The second-order valence-electron chi connectivity index (χ2n) is 8.12. The van der Waals surface area contributed by atoms with Crippen LogP contribution in [-0.2, 0) is 21.3 Å². The average Bonchev–Trinajstić information content (AvgIpc) is 3.40. The molecule has 2 aliphatic heterocycles. The molecule has 1 saturated carbocycles. The highest BCUT2D eigenvalue weighted by molar-refractivity contribution is 7.90. The van der Waals surface area contributed by atoms with E-state index in [1.165, 1.54) is 11.1 Å². The largest absolute Gasteiger partial charge is 0.372 e. The molecule has 5 nitrogen and oxygen atoms in total. The van der Waals surface area contributed by atoms with Crippen LogP contribution in [0.1, 0.15) is 36.8 Å². The molecule has 0 unspecified atom stereocenters. The van der Waals surface area contributed by atoms with Gasteiger partial charge in [0.25, 0.3) is 0 Å². The molecule has 0 aromatic heterocycles. The van der Waals surface area contributed by atoms with Gasteiger partial charge in [0.2, 0.25) is 10.0 Å². The number of hydrogen-bond donors (Lipinski definition) is 1. The monoisotopic (exact) mass is 364 g/mol. The molecule has 1 atom stereocenters. The van der Waals surface area contributed by atoms with E-state index in [1.54, 1.807) is 0 Å². The smallest absolute Gasteiger partial charge is 0.214 e. The predicted octanol–water partition coefficient (Wildman–Crippen LogP) is 2.06. The third-order valence-corrected chi connectivity index (χ3v) is 7.64. The maximum absolute atomic E-state index is 11.9. The Balaban J connectivity index is 1.20. The summed E-state index contributed by atoms with van der Waals surface area (Å²) in [6.07, 6.45) is 3.71. The lowest BCUT2D eigenvalue weighted by atomic mass is 9.83. The number of nitrogens with one attached hydrogen (secondary N) is 1. The van der Waals surface area contributed by atoms with Crippen LogP contribution in [-0.4, -0.2) is 50.4 Å². The molecule has 4 rings (SSSR count). The van der Waals surface area contributed by atoms with Gasteiger partial charge in [0.1, 0.15) is 0 Å². The second kappa shape index (κ2) is 6.65. The lowest BCUT2D eigenvalue weighted by Gasteiger charge is -2.53. The molecule has 1 aliphatic carbocycles. The van der Waals surface area contributed by atoms with E-state index in [4.69, 9.17) is 4.74 Å². The Bertz CT molecular complexity index is 697. The fraction of sp³-hybridized carbons (Fsp3) is 0.684. The van der Waals surface area contributed by atoms with E-state index < -0.39 is 10.0 Å². The minimum Gasteiger partial charge on any atom is -0.372 e. The van der Waals surface area contributed by atoms with Gasteiger partial charge in [-0.1, -0.05) is 29.8 Å². The van der Waals surface area contributed by atoms with E-state index in [-0.39, 0.29) is 10.9 Å².